The van der Waals surface area contributed by atoms with Crippen LogP contribution in [0.2, 0.25) is 0 Å². The molecule has 0 saturated heterocycles. The van der Waals surface area contributed by atoms with E-state index in [2.05, 4.69) is 10.3 Å². The van der Waals surface area contributed by atoms with Crippen molar-refractivity contribution in [2.75, 3.05) is 0 Å². The molecule has 4 heteroatoms. The van der Waals surface area contributed by atoms with E-state index in [9.17, 15) is 9.18 Å². The van der Waals surface area contributed by atoms with E-state index in [4.69, 9.17) is 0 Å². The lowest BCUT2D eigenvalue weighted by Gasteiger charge is -2.27. The number of amides is 1. The molecule has 0 saturated carbocycles. The molecule has 0 radical (unpaired) electrons. The maximum Gasteiger partial charge on any atom is 0.273 e. The average Bonchev–Trinajstić information content (AvgIpc) is 2.56. The number of hydrogen-bond donors (Lipinski definition) is 1. The van der Waals surface area contributed by atoms with E-state index in [1.54, 1.807) is 19.1 Å². The maximum absolute atomic E-state index is 13.9. The van der Waals surface area contributed by atoms with Gasteiger partial charge in [-0.25, -0.2) is 4.39 Å². The third-order valence-electron chi connectivity index (χ3n) is 3.57. The van der Waals surface area contributed by atoms with E-state index in [1.807, 2.05) is 20.8 Å². The fourth-order valence-corrected chi connectivity index (χ4v) is 1.88. The predicted molar refractivity (Wildman–Crippen MR) is 69.1 cm³/mol. The Balaban J connectivity index is 2.38. The second kappa shape index (κ2) is 4.19. The van der Waals surface area contributed by atoms with Crippen molar-refractivity contribution in [3.8, 4) is 0 Å². The van der Waals surface area contributed by atoms with Crippen LogP contribution in [0, 0.1) is 18.7 Å². The summed E-state index contributed by atoms with van der Waals surface area (Å²) in [6, 6.07) is 4.89. The monoisotopic (exact) mass is 248 g/mol. The molecule has 0 aromatic heterocycles. The standard InChI is InChI=1S/C14H17FN2O/c1-8(2)14(4)13(18)16-12(17-14)10-6-5-9(3)7-11(10)15/h5-8H,1-4H3,(H,16,17,18). The molecule has 0 fully saturated rings. The van der Waals surface area contributed by atoms with E-state index in [0.717, 1.165) is 5.56 Å². The maximum atomic E-state index is 13.9. The molecule has 0 spiro atoms. The highest BCUT2D eigenvalue weighted by molar-refractivity contribution is 6.13. The number of halogens is 1. The van der Waals surface area contributed by atoms with E-state index in [-0.39, 0.29) is 17.6 Å². The number of benzene rings is 1. The fraction of sp³-hybridized carbons (Fsp3) is 0.429. The van der Waals surface area contributed by atoms with Crippen molar-refractivity contribution in [1.82, 2.24) is 5.32 Å². The van der Waals surface area contributed by atoms with Crippen LogP contribution in [0.25, 0.3) is 0 Å². The molecule has 1 aliphatic heterocycles. The quantitative estimate of drug-likeness (QED) is 0.873. The number of carbonyl (C=O) groups excluding carboxylic acids is 1. The van der Waals surface area contributed by atoms with Crippen molar-refractivity contribution in [2.24, 2.45) is 10.9 Å². The summed E-state index contributed by atoms with van der Waals surface area (Å²) >= 11 is 0. The molecule has 96 valence electrons. The lowest BCUT2D eigenvalue weighted by atomic mass is 9.88. The molecular weight excluding hydrogens is 231 g/mol. The van der Waals surface area contributed by atoms with E-state index in [0.29, 0.717) is 11.4 Å². The zero-order valence-electron chi connectivity index (χ0n) is 11.0. The van der Waals surface area contributed by atoms with Crippen molar-refractivity contribution in [3.63, 3.8) is 0 Å². The first-order chi connectivity index (χ1) is 8.34. The van der Waals surface area contributed by atoms with Crippen LogP contribution in [0.5, 0.6) is 0 Å². The summed E-state index contributed by atoms with van der Waals surface area (Å²) in [6.07, 6.45) is 0. The van der Waals surface area contributed by atoms with Crippen LogP contribution < -0.4 is 5.32 Å². The number of amidine groups is 1. The van der Waals surface area contributed by atoms with Crippen LogP contribution in [0.15, 0.2) is 23.2 Å². The largest absolute Gasteiger partial charge is 0.355 e. The smallest absolute Gasteiger partial charge is 0.273 e. The second-order valence-corrected chi connectivity index (χ2v) is 5.23. The molecule has 1 unspecified atom stereocenters. The molecule has 1 heterocycles. The highest BCUT2D eigenvalue weighted by Gasteiger charge is 2.42. The molecule has 2 rings (SSSR count). The van der Waals surface area contributed by atoms with Gasteiger partial charge in [-0.1, -0.05) is 19.9 Å². The molecule has 1 N–H and O–H groups in total. The van der Waals surface area contributed by atoms with Crippen molar-refractivity contribution >= 4 is 11.7 Å². The van der Waals surface area contributed by atoms with Gasteiger partial charge in [-0.3, -0.25) is 4.79 Å². The van der Waals surface area contributed by atoms with Gasteiger partial charge in [0.05, 0.1) is 5.56 Å². The SMILES string of the molecule is Cc1ccc(C2=NC(=O)C(C)(C(C)C)N2)c(F)c1. The summed E-state index contributed by atoms with van der Waals surface area (Å²) in [5.41, 5.74) is 0.443. The molecule has 1 atom stereocenters. The normalized spacial score (nSPS) is 23.2. The third kappa shape index (κ3) is 1.92. The Morgan fingerprint density at radius 2 is 2.06 bits per heavy atom. The summed E-state index contributed by atoms with van der Waals surface area (Å²) in [5.74, 6) is -0.192. The summed E-state index contributed by atoms with van der Waals surface area (Å²) < 4.78 is 13.9. The molecule has 0 bridgehead atoms. The topological polar surface area (TPSA) is 41.5 Å². The molecule has 0 aliphatic carbocycles. The minimum Gasteiger partial charge on any atom is -0.355 e. The number of nitrogens with zero attached hydrogens (tertiary/aromatic N) is 1. The Morgan fingerprint density at radius 3 is 2.56 bits per heavy atom. The van der Waals surface area contributed by atoms with E-state index in [1.165, 1.54) is 6.07 Å². The van der Waals surface area contributed by atoms with Crippen LogP contribution in [0.1, 0.15) is 31.9 Å². The van der Waals surface area contributed by atoms with Crippen molar-refractivity contribution in [2.45, 2.75) is 33.2 Å². The summed E-state index contributed by atoms with van der Waals surface area (Å²) in [7, 11) is 0. The number of aryl methyl sites for hydroxylation is 1. The van der Waals surface area contributed by atoms with Gasteiger partial charge in [-0.05, 0) is 37.5 Å². The number of carbonyl (C=O) groups is 1. The number of rotatable bonds is 2. The van der Waals surface area contributed by atoms with Gasteiger partial charge >= 0.3 is 0 Å². The van der Waals surface area contributed by atoms with Crippen LogP contribution >= 0.6 is 0 Å². The first-order valence-corrected chi connectivity index (χ1v) is 6.02. The summed E-state index contributed by atoms with van der Waals surface area (Å²) in [5, 5.41) is 3.05. The summed E-state index contributed by atoms with van der Waals surface area (Å²) in [6.45, 7) is 7.49. The zero-order chi connectivity index (χ0) is 13.5. The lowest BCUT2D eigenvalue weighted by molar-refractivity contribution is -0.123. The average molecular weight is 248 g/mol. The minimum atomic E-state index is -0.743. The zero-order valence-corrected chi connectivity index (χ0v) is 11.0. The van der Waals surface area contributed by atoms with Crippen molar-refractivity contribution in [3.05, 3.63) is 35.1 Å². The number of nitrogens with one attached hydrogen (secondary N) is 1. The van der Waals surface area contributed by atoms with Gasteiger partial charge in [0, 0.05) is 0 Å². The highest BCUT2D eigenvalue weighted by Crippen LogP contribution is 2.25. The third-order valence-corrected chi connectivity index (χ3v) is 3.57. The first kappa shape index (κ1) is 12.7. The van der Waals surface area contributed by atoms with Crippen LogP contribution in [-0.4, -0.2) is 17.3 Å². The van der Waals surface area contributed by atoms with Gasteiger partial charge in [0.2, 0.25) is 0 Å². The Bertz CT molecular complexity index is 537. The highest BCUT2D eigenvalue weighted by atomic mass is 19.1. The molecule has 1 aromatic rings. The van der Waals surface area contributed by atoms with E-state index < -0.39 is 5.54 Å². The molecule has 1 amide bonds. The fourth-order valence-electron chi connectivity index (χ4n) is 1.88. The minimum absolute atomic E-state index is 0.0831. The molecule has 18 heavy (non-hydrogen) atoms. The van der Waals surface area contributed by atoms with Gasteiger partial charge < -0.3 is 5.32 Å². The Morgan fingerprint density at radius 1 is 1.39 bits per heavy atom. The number of hydrogen-bond acceptors (Lipinski definition) is 2. The predicted octanol–water partition coefficient (Wildman–Crippen LogP) is 2.43. The molecular formula is C14H17FN2O. The van der Waals surface area contributed by atoms with Gasteiger partial charge in [0.1, 0.15) is 17.2 Å². The van der Waals surface area contributed by atoms with Crippen molar-refractivity contribution < 1.29 is 9.18 Å². The van der Waals surface area contributed by atoms with Crippen LogP contribution in [-0.2, 0) is 4.79 Å². The van der Waals surface area contributed by atoms with Gasteiger partial charge in [0.15, 0.2) is 0 Å². The molecule has 1 aliphatic rings. The lowest BCUT2D eigenvalue weighted by Crippen LogP contribution is -2.50. The van der Waals surface area contributed by atoms with Crippen LogP contribution in [0.4, 0.5) is 4.39 Å². The Kier molecular flexibility index (Phi) is 2.97. The first-order valence-electron chi connectivity index (χ1n) is 6.02. The van der Waals surface area contributed by atoms with Gasteiger partial charge in [-0.2, -0.15) is 4.99 Å². The molecule has 3 nitrogen and oxygen atoms in total. The van der Waals surface area contributed by atoms with Gasteiger partial charge in [0.25, 0.3) is 5.91 Å². The molecule has 1 aromatic carbocycles. The Hall–Kier alpha value is -1.71. The van der Waals surface area contributed by atoms with E-state index >= 15 is 0 Å². The summed E-state index contributed by atoms with van der Waals surface area (Å²) in [4.78, 5) is 15.9. The van der Waals surface area contributed by atoms with Crippen molar-refractivity contribution in [1.29, 1.82) is 0 Å². The Labute approximate surface area is 106 Å². The van der Waals surface area contributed by atoms with Gasteiger partial charge in [-0.15, -0.1) is 0 Å². The number of aliphatic imine (C=N–C) groups is 1. The van der Waals surface area contributed by atoms with Crippen LogP contribution in [0.3, 0.4) is 0 Å². The second-order valence-electron chi connectivity index (χ2n) is 5.23.